The summed E-state index contributed by atoms with van der Waals surface area (Å²) in [7, 11) is 2.47. The van der Waals surface area contributed by atoms with Crippen LogP contribution in [-0.4, -0.2) is 65.2 Å². The Bertz CT molecular complexity index is 1730. The summed E-state index contributed by atoms with van der Waals surface area (Å²) in [5.74, 6) is -0.221. The van der Waals surface area contributed by atoms with Gasteiger partial charge in [0.15, 0.2) is 10.9 Å². The normalized spacial score (nSPS) is 18.1. The molecule has 5 rings (SSSR count). The average Bonchev–Trinajstić information content (AvgIpc) is 3.51. The van der Waals surface area contributed by atoms with Crippen LogP contribution in [-0.2, 0) is 32.3 Å². The number of halogens is 2. The summed E-state index contributed by atoms with van der Waals surface area (Å²) in [6.45, 7) is -0.234. The predicted octanol–water partition coefficient (Wildman–Crippen LogP) is 5.40. The number of hydrogen-bond acceptors (Lipinski definition) is 8. The number of nitrogens with zero attached hydrogens (tertiary/aromatic N) is 3. The van der Waals surface area contributed by atoms with Crippen molar-refractivity contribution >= 4 is 43.8 Å². The van der Waals surface area contributed by atoms with Gasteiger partial charge in [-0.05, 0) is 55.9 Å². The molecule has 0 fully saturated rings. The SMILES string of the molecule is COC1=C=C=C(CN(c2nccs2)S(=O)(=O)c2cc(Cl)c(NC3Cc4ccccc4C[C@@H]3N(C)C)cc2F)C(OC)=C1. The number of aromatic nitrogens is 1. The maximum Gasteiger partial charge on any atom is 0.269 e. The van der Waals surface area contributed by atoms with Gasteiger partial charge in [0.1, 0.15) is 16.5 Å². The van der Waals surface area contributed by atoms with Crippen molar-refractivity contribution in [3.63, 3.8) is 0 Å². The molecule has 0 bridgehead atoms. The molecule has 2 aliphatic rings. The first-order valence-corrected chi connectivity index (χ1v) is 15.8. The van der Waals surface area contributed by atoms with Crippen molar-refractivity contribution in [1.82, 2.24) is 9.88 Å². The van der Waals surface area contributed by atoms with E-state index in [-0.39, 0.29) is 28.8 Å². The van der Waals surface area contributed by atoms with E-state index in [1.54, 1.807) is 11.5 Å². The fourth-order valence-corrected chi connectivity index (χ4v) is 7.74. The third kappa shape index (κ3) is 5.99. The number of nitrogens with one attached hydrogen (secondary N) is 1. The minimum atomic E-state index is -4.46. The molecule has 0 saturated carbocycles. The molecular formula is C30H30ClFN4O4S2. The van der Waals surface area contributed by atoms with E-state index >= 15 is 4.39 Å². The Morgan fingerprint density at radius 2 is 1.88 bits per heavy atom. The number of ether oxygens (including phenoxy) is 2. The van der Waals surface area contributed by atoms with Crippen LogP contribution >= 0.6 is 22.9 Å². The fourth-order valence-electron chi connectivity index (χ4n) is 5.13. The zero-order chi connectivity index (χ0) is 30.0. The molecule has 2 aliphatic carbocycles. The minimum absolute atomic E-state index is 0.0737. The fraction of sp³-hybridized carbons (Fsp3) is 0.300. The molecule has 220 valence electrons. The number of anilines is 2. The third-order valence-electron chi connectivity index (χ3n) is 7.32. The number of benzene rings is 2. The van der Waals surface area contributed by atoms with Gasteiger partial charge in [0.25, 0.3) is 10.0 Å². The van der Waals surface area contributed by atoms with E-state index in [0.717, 1.165) is 34.2 Å². The van der Waals surface area contributed by atoms with E-state index in [1.807, 2.05) is 26.2 Å². The van der Waals surface area contributed by atoms with Crippen LogP contribution in [0.4, 0.5) is 15.2 Å². The van der Waals surface area contributed by atoms with E-state index in [1.165, 1.54) is 31.5 Å². The van der Waals surface area contributed by atoms with Crippen molar-refractivity contribution < 1.29 is 22.3 Å². The first-order chi connectivity index (χ1) is 20.1. The lowest BCUT2D eigenvalue weighted by molar-refractivity contribution is 0.250. The van der Waals surface area contributed by atoms with Gasteiger partial charge in [0.2, 0.25) is 0 Å². The molecule has 2 atom stereocenters. The Labute approximate surface area is 254 Å². The van der Waals surface area contributed by atoms with Crippen LogP contribution in [0, 0.1) is 5.82 Å². The molecule has 1 heterocycles. The lowest BCUT2D eigenvalue weighted by Crippen LogP contribution is -2.48. The number of rotatable bonds is 10. The van der Waals surface area contributed by atoms with Crippen LogP contribution in [0.3, 0.4) is 0 Å². The van der Waals surface area contributed by atoms with Crippen LogP contribution in [0.25, 0.3) is 0 Å². The quantitative estimate of drug-likeness (QED) is 0.301. The summed E-state index contributed by atoms with van der Waals surface area (Å²) in [4.78, 5) is 5.75. The van der Waals surface area contributed by atoms with E-state index < -0.39 is 20.7 Å². The van der Waals surface area contributed by atoms with Crippen molar-refractivity contribution in [2.45, 2.75) is 29.8 Å². The van der Waals surface area contributed by atoms with Gasteiger partial charge in [0, 0.05) is 29.7 Å². The van der Waals surface area contributed by atoms with Crippen molar-refractivity contribution in [2.75, 3.05) is 44.5 Å². The van der Waals surface area contributed by atoms with Crippen LogP contribution in [0.2, 0.25) is 5.02 Å². The number of methoxy groups -OCH3 is 2. The second-order valence-electron chi connectivity index (χ2n) is 10.1. The topological polar surface area (TPSA) is 84.0 Å². The molecule has 0 spiro atoms. The monoisotopic (exact) mass is 628 g/mol. The summed E-state index contributed by atoms with van der Waals surface area (Å²) >= 11 is 7.74. The van der Waals surface area contributed by atoms with Crippen LogP contribution in [0.5, 0.6) is 0 Å². The summed E-state index contributed by atoms with van der Waals surface area (Å²) in [6, 6.07) is 10.6. The smallest absolute Gasteiger partial charge is 0.269 e. The molecule has 1 aromatic heterocycles. The number of sulfonamides is 1. The number of thiazole rings is 1. The Balaban J connectivity index is 1.48. The van der Waals surface area contributed by atoms with E-state index in [0.29, 0.717) is 29.2 Å². The molecular weight excluding hydrogens is 599 g/mol. The van der Waals surface area contributed by atoms with Crippen molar-refractivity contribution in [2.24, 2.45) is 0 Å². The number of likely N-dealkylation sites (N-methyl/N-ethyl adjacent to an activating group) is 1. The number of fused-ring (bicyclic) bond motifs is 1. The van der Waals surface area contributed by atoms with Crippen molar-refractivity contribution in [3.8, 4) is 0 Å². The van der Waals surface area contributed by atoms with Gasteiger partial charge in [-0.25, -0.2) is 22.1 Å². The summed E-state index contributed by atoms with van der Waals surface area (Å²) in [6.07, 6.45) is 4.58. The maximum atomic E-state index is 15.8. The van der Waals surface area contributed by atoms with Gasteiger partial charge in [-0.2, -0.15) is 0 Å². The summed E-state index contributed by atoms with van der Waals surface area (Å²) in [5, 5.41) is 5.27. The minimum Gasteiger partial charge on any atom is -0.496 e. The maximum absolute atomic E-state index is 15.8. The predicted molar refractivity (Wildman–Crippen MR) is 163 cm³/mol. The first kappa shape index (κ1) is 29.9. The van der Waals surface area contributed by atoms with E-state index in [2.05, 4.69) is 38.8 Å². The Morgan fingerprint density at radius 1 is 1.14 bits per heavy atom. The lowest BCUT2D eigenvalue weighted by Gasteiger charge is -2.38. The van der Waals surface area contributed by atoms with Crippen LogP contribution in [0.1, 0.15) is 11.1 Å². The number of allylic oxidation sites excluding steroid dienone is 1. The second kappa shape index (κ2) is 12.4. The second-order valence-corrected chi connectivity index (χ2v) is 13.2. The molecule has 0 amide bonds. The highest BCUT2D eigenvalue weighted by Gasteiger charge is 2.34. The molecule has 0 aliphatic heterocycles. The van der Waals surface area contributed by atoms with Gasteiger partial charge in [-0.15, -0.1) is 11.3 Å². The standard InChI is InChI=1S/C30H30ClFN4O4S2/c1-35(2)27-14-20-8-6-5-7-19(20)13-26(27)34-25-17-24(32)29(16-23(25)31)42(37,38)36(30-33-11-12-41-30)18-21-9-10-22(39-3)15-28(21)40-4/h5-8,11-12,15-17,26-27,34H,13-14,18H2,1-4H3/t26?,27-/m0/s1. The van der Waals surface area contributed by atoms with Crippen LogP contribution < -0.4 is 9.62 Å². The highest BCUT2D eigenvalue weighted by molar-refractivity contribution is 7.93. The van der Waals surface area contributed by atoms with E-state index in [9.17, 15) is 8.42 Å². The molecule has 8 nitrogen and oxygen atoms in total. The molecule has 42 heavy (non-hydrogen) atoms. The largest absolute Gasteiger partial charge is 0.496 e. The molecule has 1 unspecified atom stereocenters. The van der Waals surface area contributed by atoms with Gasteiger partial charge in [-0.3, -0.25) is 0 Å². The number of hydrogen-bond donors (Lipinski definition) is 1. The van der Waals surface area contributed by atoms with E-state index in [4.69, 9.17) is 21.1 Å². The molecule has 0 radical (unpaired) electrons. The highest BCUT2D eigenvalue weighted by Crippen LogP contribution is 2.35. The molecule has 0 saturated heterocycles. The zero-order valence-electron chi connectivity index (χ0n) is 23.5. The van der Waals surface area contributed by atoms with Crippen molar-refractivity contribution in [1.29, 1.82) is 0 Å². The van der Waals surface area contributed by atoms with Gasteiger partial charge < -0.3 is 19.7 Å². The third-order valence-corrected chi connectivity index (χ3v) is 10.3. The Kier molecular flexibility index (Phi) is 8.80. The van der Waals surface area contributed by atoms with Crippen LogP contribution in [0.15, 0.2) is 87.5 Å². The lowest BCUT2D eigenvalue weighted by atomic mass is 9.84. The first-order valence-electron chi connectivity index (χ1n) is 13.1. The molecule has 1 N–H and O–H groups in total. The van der Waals surface area contributed by atoms with Gasteiger partial charge >= 0.3 is 0 Å². The molecule has 12 heteroatoms. The summed E-state index contributed by atoms with van der Waals surface area (Å²) < 4.78 is 55.4. The molecule has 2 aromatic carbocycles. The highest BCUT2D eigenvalue weighted by atomic mass is 35.5. The zero-order valence-corrected chi connectivity index (χ0v) is 25.9. The Morgan fingerprint density at radius 3 is 2.52 bits per heavy atom. The summed E-state index contributed by atoms with van der Waals surface area (Å²) in [5.41, 5.74) is 8.89. The molecule has 3 aromatic rings. The van der Waals surface area contributed by atoms with Gasteiger partial charge in [-0.1, -0.05) is 41.6 Å². The van der Waals surface area contributed by atoms with Gasteiger partial charge in [0.05, 0.1) is 37.0 Å². The Hall–Kier alpha value is -3.56. The van der Waals surface area contributed by atoms with Crippen molar-refractivity contribution in [3.05, 3.63) is 105 Å². The average molecular weight is 629 g/mol.